The summed E-state index contributed by atoms with van der Waals surface area (Å²) < 4.78 is 31.4. The fourth-order valence-corrected chi connectivity index (χ4v) is 2.10. The third-order valence-corrected chi connectivity index (χ3v) is 3.80. The van der Waals surface area contributed by atoms with Crippen molar-refractivity contribution in [3.63, 3.8) is 0 Å². The molecule has 0 aliphatic rings. The van der Waals surface area contributed by atoms with Crippen LogP contribution in [0.2, 0.25) is 0 Å². The fraction of sp³-hybridized carbons (Fsp3) is 0.333. The predicted molar refractivity (Wildman–Crippen MR) is 75.2 cm³/mol. The van der Waals surface area contributed by atoms with Gasteiger partial charge < -0.3 is 19.7 Å². The highest BCUT2D eigenvalue weighted by molar-refractivity contribution is 7.48. The van der Waals surface area contributed by atoms with Crippen molar-refractivity contribution in [2.45, 2.75) is 0 Å². The summed E-state index contributed by atoms with van der Waals surface area (Å²) in [6.07, 6.45) is 0. The van der Waals surface area contributed by atoms with Crippen molar-refractivity contribution in [3.05, 3.63) is 23.8 Å². The van der Waals surface area contributed by atoms with Crippen molar-refractivity contribution in [1.29, 1.82) is 0 Å². The predicted octanol–water partition coefficient (Wildman–Crippen LogP) is 1.29. The number of hydrogen-bond acceptors (Lipinski definition) is 7. The van der Waals surface area contributed by atoms with Crippen LogP contribution in [0.25, 0.3) is 0 Å². The molecule has 1 rings (SSSR count). The average molecular weight is 333 g/mol. The number of methoxy groups -OCH3 is 1. The molecule has 0 spiro atoms. The number of carbonyl (C=O) groups is 2. The quantitative estimate of drug-likeness (QED) is 0.683. The zero-order chi connectivity index (χ0) is 16.8. The summed E-state index contributed by atoms with van der Waals surface area (Å²) in [6, 6.07) is 4.04. The minimum Gasteiger partial charge on any atom is -0.493 e. The van der Waals surface area contributed by atoms with Gasteiger partial charge in [-0.25, -0.2) is 4.57 Å². The molecule has 2 N–H and O–H groups in total. The van der Waals surface area contributed by atoms with Crippen LogP contribution in [0.15, 0.2) is 18.2 Å². The van der Waals surface area contributed by atoms with Crippen LogP contribution >= 0.6 is 7.82 Å². The molecule has 22 heavy (non-hydrogen) atoms. The van der Waals surface area contributed by atoms with Crippen LogP contribution in [0.1, 0.15) is 10.4 Å². The van der Waals surface area contributed by atoms with E-state index in [4.69, 9.17) is 14.4 Å². The van der Waals surface area contributed by atoms with Crippen LogP contribution in [-0.2, 0) is 18.4 Å². The zero-order valence-electron chi connectivity index (χ0n) is 12.2. The Morgan fingerprint density at radius 3 is 2.32 bits per heavy atom. The lowest BCUT2D eigenvalue weighted by molar-refractivity contribution is -0.135. The van der Waals surface area contributed by atoms with Gasteiger partial charge in [0.1, 0.15) is 6.54 Å². The number of carbonyl (C=O) groups excluding carboxylic acids is 1. The number of ether oxygens (including phenoxy) is 1. The number of carboxylic acid groups (broad SMARTS) is 1. The van der Waals surface area contributed by atoms with Crippen molar-refractivity contribution >= 4 is 19.7 Å². The first kappa shape index (κ1) is 18.0. The van der Waals surface area contributed by atoms with Gasteiger partial charge in [0.25, 0.3) is 5.91 Å². The Labute approximate surface area is 126 Å². The molecule has 10 heteroatoms. The first-order valence-corrected chi connectivity index (χ1v) is 7.40. The molecular weight excluding hydrogens is 317 g/mol. The molecular formula is C12H16NO8P. The minimum atomic E-state index is -3.83. The van der Waals surface area contributed by atoms with E-state index < -0.39 is 26.2 Å². The van der Waals surface area contributed by atoms with E-state index in [1.54, 1.807) is 0 Å². The molecule has 0 fully saturated rings. The van der Waals surface area contributed by atoms with Crippen LogP contribution in [0.4, 0.5) is 0 Å². The number of rotatable bonds is 8. The molecule has 0 saturated heterocycles. The van der Waals surface area contributed by atoms with Crippen LogP contribution < -0.4 is 14.6 Å². The van der Waals surface area contributed by atoms with Crippen LogP contribution in [0.3, 0.4) is 0 Å². The molecule has 0 aromatic heterocycles. The maximum absolute atomic E-state index is 12.0. The summed E-state index contributed by atoms with van der Waals surface area (Å²) in [5.74, 6) is -1.66. The van der Waals surface area contributed by atoms with E-state index in [-0.39, 0.29) is 17.1 Å². The summed E-state index contributed by atoms with van der Waals surface area (Å²) in [6.45, 7) is -0.532. The monoisotopic (exact) mass is 333 g/mol. The van der Waals surface area contributed by atoms with Crippen LogP contribution in [0, 0.1) is 0 Å². The molecule has 1 aromatic carbocycles. The van der Waals surface area contributed by atoms with Gasteiger partial charge in [-0.05, 0) is 18.2 Å². The molecule has 1 aromatic rings. The highest BCUT2D eigenvalue weighted by Gasteiger charge is 2.27. The molecule has 0 aliphatic heterocycles. The molecule has 0 bridgehead atoms. The Hall–Kier alpha value is -2.09. The van der Waals surface area contributed by atoms with Gasteiger partial charge in [-0.15, -0.1) is 0 Å². The van der Waals surface area contributed by atoms with Crippen molar-refractivity contribution < 1.29 is 37.6 Å². The number of aliphatic carboxylic acids is 1. The van der Waals surface area contributed by atoms with Crippen molar-refractivity contribution in [2.75, 3.05) is 27.9 Å². The molecule has 0 unspecified atom stereocenters. The fourth-order valence-electron chi connectivity index (χ4n) is 1.42. The number of hydrogen-bond donors (Lipinski definition) is 2. The molecule has 122 valence electrons. The molecule has 1 amide bonds. The van der Waals surface area contributed by atoms with Crippen LogP contribution in [-0.4, -0.2) is 44.9 Å². The molecule has 0 atom stereocenters. The maximum atomic E-state index is 12.0. The zero-order valence-corrected chi connectivity index (χ0v) is 13.1. The third kappa shape index (κ3) is 4.73. The first-order valence-electron chi connectivity index (χ1n) is 5.94. The van der Waals surface area contributed by atoms with Crippen molar-refractivity contribution in [3.8, 4) is 11.5 Å². The van der Waals surface area contributed by atoms with Gasteiger partial charge in [0, 0.05) is 19.8 Å². The van der Waals surface area contributed by atoms with Crippen LogP contribution in [0.5, 0.6) is 11.5 Å². The Bertz CT molecular complexity index is 595. The van der Waals surface area contributed by atoms with E-state index >= 15 is 0 Å². The van der Waals surface area contributed by atoms with Gasteiger partial charge in [0.2, 0.25) is 0 Å². The number of carboxylic acids is 1. The van der Waals surface area contributed by atoms with E-state index in [1.165, 1.54) is 25.3 Å². The third-order valence-electron chi connectivity index (χ3n) is 2.48. The molecule has 0 radical (unpaired) electrons. The van der Waals surface area contributed by atoms with E-state index in [9.17, 15) is 14.2 Å². The Balaban J connectivity index is 3.05. The van der Waals surface area contributed by atoms with Gasteiger partial charge in [-0.2, -0.15) is 0 Å². The average Bonchev–Trinajstić information content (AvgIpc) is 2.52. The maximum Gasteiger partial charge on any atom is 0.529 e. The lowest BCUT2D eigenvalue weighted by Gasteiger charge is -2.16. The highest BCUT2D eigenvalue weighted by atomic mass is 31.2. The summed E-state index contributed by atoms with van der Waals surface area (Å²) in [4.78, 5) is 22.2. The summed E-state index contributed by atoms with van der Waals surface area (Å²) >= 11 is 0. The second-order valence-electron chi connectivity index (χ2n) is 3.85. The number of phosphoric acid groups is 1. The molecule has 0 heterocycles. The number of nitrogens with one attached hydrogen (secondary N) is 1. The number of benzene rings is 1. The summed E-state index contributed by atoms with van der Waals surface area (Å²) in [7, 11) is -0.194. The van der Waals surface area contributed by atoms with E-state index in [0.29, 0.717) is 0 Å². The topological polar surface area (TPSA) is 120 Å². The van der Waals surface area contributed by atoms with Gasteiger partial charge in [0.15, 0.2) is 11.5 Å². The number of amides is 1. The minimum absolute atomic E-state index is 0.0440. The van der Waals surface area contributed by atoms with Gasteiger partial charge >= 0.3 is 13.8 Å². The smallest absolute Gasteiger partial charge is 0.493 e. The second-order valence-corrected chi connectivity index (χ2v) is 5.65. The Morgan fingerprint density at radius 1 is 1.18 bits per heavy atom. The standard InChI is InChI=1S/C12H16NO8P/c1-18-9-5-4-8(12(16)13-7-11(14)15)6-10(9)21-22(17,19-2)20-3/h4-6H,7H2,1-3H3,(H,13,16)(H,14,15). The van der Waals surface area contributed by atoms with E-state index in [0.717, 1.165) is 14.2 Å². The Kier molecular flexibility index (Phi) is 6.36. The molecule has 9 nitrogen and oxygen atoms in total. The molecule has 0 saturated carbocycles. The normalized spacial score (nSPS) is 10.9. The summed E-state index contributed by atoms with van der Waals surface area (Å²) in [5.41, 5.74) is 0.0933. The highest BCUT2D eigenvalue weighted by Crippen LogP contribution is 2.50. The lowest BCUT2D eigenvalue weighted by Crippen LogP contribution is -2.29. The number of phosphoric ester groups is 1. The van der Waals surface area contributed by atoms with E-state index in [2.05, 4.69) is 14.4 Å². The van der Waals surface area contributed by atoms with Gasteiger partial charge in [-0.3, -0.25) is 18.6 Å². The van der Waals surface area contributed by atoms with Crippen molar-refractivity contribution in [2.24, 2.45) is 0 Å². The molecule has 0 aliphatic carbocycles. The SMILES string of the molecule is COc1ccc(C(=O)NCC(=O)O)cc1OP(=O)(OC)OC. The summed E-state index contributed by atoms with van der Waals surface area (Å²) in [5, 5.41) is 10.7. The first-order chi connectivity index (χ1) is 10.3. The van der Waals surface area contributed by atoms with Gasteiger partial charge in [-0.1, -0.05) is 0 Å². The second kappa shape index (κ2) is 7.79. The van der Waals surface area contributed by atoms with Gasteiger partial charge in [0.05, 0.1) is 7.11 Å². The largest absolute Gasteiger partial charge is 0.529 e. The Morgan fingerprint density at radius 2 is 1.82 bits per heavy atom. The van der Waals surface area contributed by atoms with E-state index in [1.807, 2.05) is 0 Å². The van der Waals surface area contributed by atoms with Crippen molar-refractivity contribution in [1.82, 2.24) is 5.32 Å². The lowest BCUT2D eigenvalue weighted by atomic mass is 10.2.